The number of hydrogen-bond acceptors (Lipinski definition) is 4. The summed E-state index contributed by atoms with van der Waals surface area (Å²) < 4.78 is 34.6. The van der Waals surface area contributed by atoms with E-state index in [1.807, 2.05) is 0 Å². The van der Waals surface area contributed by atoms with Crippen LogP contribution in [0.1, 0.15) is 17.3 Å². The zero-order valence-electron chi connectivity index (χ0n) is 13.4. The molecular formula is C17H13ClF2N2O4. The van der Waals surface area contributed by atoms with Crippen LogP contribution in [0, 0.1) is 0 Å². The summed E-state index contributed by atoms with van der Waals surface area (Å²) >= 11 is 5.94. The first-order valence-corrected chi connectivity index (χ1v) is 7.89. The SMILES string of the molecule is C[C@@H](NC(=O)c1ccccc1Cl)C(=O)Nc1ccc2c(c1)OC(F)(F)O2. The molecule has 0 bridgehead atoms. The Morgan fingerprint density at radius 2 is 1.81 bits per heavy atom. The molecule has 0 fully saturated rings. The quantitative estimate of drug-likeness (QED) is 0.849. The molecule has 1 atom stereocenters. The van der Waals surface area contributed by atoms with Gasteiger partial charge in [-0.3, -0.25) is 9.59 Å². The second kappa shape index (κ2) is 6.80. The molecule has 0 saturated heterocycles. The van der Waals surface area contributed by atoms with E-state index in [4.69, 9.17) is 11.6 Å². The van der Waals surface area contributed by atoms with Gasteiger partial charge < -0.3 is 20.1 Å². The molecule has 0 saturated carbocycles. The number of benzene rings is 2. The van der Waals surface area contributed by atoms with Gasteiger partial charge in [0.05, 0.1) is 10.6 Å². The van der Waals surface area contributed by atoms with Crippen LogP contribution in [0.5, 0.6) is 11.5 Å². The lowest BCUT2D eigenvalue weighted by atomic mass is 10.2. The molecule has 2 N–H and O–H groups in total. The van der Waals surface area contributed by atoms with Gasteiger partial charge >= 0.3 is 6.29 Å². The van der Waals surface area contributed by atoms with E-state index < -0.39 is 24.2 Å². The van der Waals surface area contributed by atoms with Gasteiger partial charge in [-0.2, -0.15) is 0 Å². The average molecular weight is 383 g/mol. The number of halogens is 3. The highest BCUT2D eigenvalue weighted by molar-refractivity contribution is 6.33. The molecule has 1 heterocycles. The summed E-state index contributed by atoms with van der Waals surface area (Å²) in [6.07, 6.45) is -3.73. The summed E-state index contributed by atoms with van der Waals surface area (Å²) in [4.78, 5) is 24.4. The van der Waals surface area contributed by atoms with Crippen LogP contribution in [0.2, 0.25) is 5.02 Å². The molecule has 0 aliphatic carbocycles. The number of hydrogen-bond donors (Lipinski definition) is 2. The number of amides is 2. The topological polar surface area (TPSA) is 76.7 Å². The molecule has 0 spiro atoms. The van der Waals surface area contributed by atoms with Crippen molar-refractivity contribution in [2.24, 2.45) is 0 Å². The second-order valence-electron chi connectivity index (χ2n) is 5.49. The van der Waals surface area contributed by atoms with E-state index in [-0.39, 0.29) is 27.8 Å². The van der Waals surface area contributed by atoms with E-state index in [1.165, 1.54) is 31.2 Å². The fourth-order valence-electron chi connectivity index (χ4n) is 2.26. The van der Waals surface area contributed by atoms with Crippen LogP contribution in [0.15, 0.2) is 42.5 Å². The van der Waals surface area contributed by atoms with E-state index in [0.29, 0.717) is 0 Å². The summed E-state index contributed by atoms with van der Waals surface area (Å²) in [5.74, 6) is -1.38. The number of fused-ring (bicyclic) bond motifs is 1. The Hall–Kier alpha value is -2.87. The van der Waals surface area contributed by atoms with Crippen LogP contribution in [0.3, 0.4) is 0 Å². The third-order valence-corrected chi connectivity index (χ3v) is 3.86. The van der Waals surface area contributed by atoms with Crippen molar-refractivity contribution in [1.82, 2.24) is 5.32 Å². The summed E-state index contributed by atoms with van der Waals surface area (Å²) in [5, 5.41) is 5.27. The van der Waals surface area contributed by atoms with Gasteiger partial charge in [-0.25, -0.2) is 0 Å². The van der Waals surface area contributed by atoms with E-state index in [2.05, 4.69) is 20.1 Å². The Kier molecular flexibility index (Phi) is 4.69. The minimum absolute atomic E-state index is 0.131. The number of alkyl halides is 2. The molecule has 0 unspecified atom stereocenters. The first-order valence-electron chi connectivity index (χ1n) is 7.51. The van der Waals surface area contributed by atoms with Crippen molar-refractivity contribution in [2.45, 2.75) is 19.3 Å². The standard InChI is InChI=1S/C17H13ClF2N2O4/c1-9(21-16(24)11-4-2-3-5-12(11)18)15(23)22-10-6-7-13-14(8-10)26-17(19,20)25-13/h2-9H,1H3,(H,21,24)(H,22,23)/t9-/m1/s1. The van der Waals surface area contributed by atoms with Gasteiger partial charge in [0.1, 0.15) is 6.04 Å². The van der Waals surface area contributed by atoms with Crippen LogP contribution >= 0.6 is 11.6 Å². The number of rotatable bonds is 4. The minimum Gasteiger partial charge on any atom is -0.395 e. The van der Waals surface area contributed by atoms with Crippen LogP contribution in [0.25, 0.3) is 0 Å². The molecule has 2 amide bonds. The highest BCUT2D eigenvalue weighted by Crippen LogP contribution is 2.42. The van der Waals surface area contributed by atoms with E-state index >= 15 is 0 Å². The van der Waals surface area contributed by atoms with E-state index in [0.717, 1.165) is 0 Å². The van der Waals surface area contributed by atoms with Gasteiger partial charge in [0.15, 0.2) is 11.5 Å². The van der Waals surface area contributed by atoms with Crippen LogP contribution in [0.4, 0.5) is 14.5 Å². The Morgan fingerprint density at radius 3 is 2.54 bits per heavy atom. The lowest BCUT2D eigenvalue weighted by Gasteiger charge is -2.15. The maximum absolute atomic E-state index is 13.0. The number of carbonyl (C=O) groups excluding carboxylic acids is 2. The maximum Gasteiger partial charge on any atom is 0.586 e. The number of ether oxygens (including phenoxy) is 2. The zero-order chi connectivity index (χ0) is 18.9. The Labute approximate surface area is 152 Å². The van der Waals surface area contributed by atoms with Crippen molar-refractivity contribution < 1.29 is 27.8 Å². The van der Waals surface area contributed by atoms with E-state index in [1.54, 1.807) is 18.2 Å². The van der Waals surface area contributed by atoms with Crippen molar-refractivity contribution in [3.63, 3.8) is 0 Å². The molecule has 2 aromatic rings. The van der Waals surface area contributed by atoms with Crippen molar-refractivity contribution in [3.8, 4) is 11.5 Å². The lowest BCUT2D eigenvalue weighted by molar-refractivity contribution is -0.286. The summed E-state index contributed by atoms with van der Waals surface area (Å²) in [6, 6.07) is 9.35. The first-order chi connectivity index (χ1) is 12.2. The van der Waals surface area contributed by atoms with Gasteiger partial charge in [-0.1, -0.05) is 23.7 Å². The molecule has 0 aromatic heterocycles. The van der Waals surface area contributed by atoms with Crippen molar-refractivity contribution >= 4 is 29.1 Å². The van der Waals surface area contributed by atoms with Crippen LogP contribution in [-0.2, 0) is 4.79 Å². The fourth-order valence-corrected chi connectivity index (χ4v) is 2.48. The summed E-state index contributed by atoms with van der Waals surface area (Å²) in [6.45, 7) is 1.48. The van der Waals surface area contributed by atoms with Gasteiger partial charge in [0.25, 0.3) is 5.91 Å². The van der Waals surface area contributed by atoms with Crippen molar-refractivity contribution in [3.05, 3.63) is 53.1 Å². The Morgan fingerprint density at radius 1 is 1.12 bits per heavy atom. The Bertz CT molecular complexity index is 876. The first kappa shape index (κ1) is 17.9. The molecule has 0 radical (unpaired) electrons. The highest BCUT2D eigenvalue weighted by atomic mass is 35.5. The smallest absolute Gasteiger partial charge is 0.395 e. The molecule has 3 rings (SSSR count). The molecule has 26 heavy (non-hydrogen) atoms. The largest absolute Gasteiger partial charge is 0.586 e. The second-order valence-corrected chi connectivity index (χ2v) is 5.90. The van der Waals surface area contributed by atoms with Gasteiger partial charge in [-0.05, 0) is 31.2 Å². The third-order valence-electron chi connectivity index (χ3n) is 3.53. The average Bonchev–Trinajstić information content (AvgIpc) is 2.88. The molecule has 1 aliphatic rings. The molecule has 2 aromatic carbocycles. The molecule has 6 nitrogen and oxygen atoms in total. The highest BCUT2D eigenvalue weighted by Gasteiger charge is 2.43. The minimum atomic E-state index is -3.73. The normalized spacial score (nSPS) is 15.2. The molecule has 136 valence electrons. The maximum atomic E-state index is 13.0. The van der Waals surface area contributed by atoms with Gasteiger partial charge in [-0.15, -0.1) is 8.78 Å². The number of carbonyl (C=O) groups is 2. The molecule has 1 aliphatic heterocycles. The number of anilines is 1. The Balaban J connectivity index is 1.64. The van der Waals surface area contributed by atoms with Gasteiger partial charge in [0, 0.05) is 11.8 Å². The molecule has 9 heteroatoms. The lowest BCUT2D eigenvalue weighted by Crippen LogP contribution is -2.41. The summed E-state index contributed by atoms with van der Waals surface area (Å²) in [7, 11) is 0. The zero-order valence-corrected chi connectivity index (χ0v) is 14.1. The van der Waals surface area contributed by atoms with Crippen molar-refractivity contribution in [2.75, 3.05) is 5.32 Å². The third kappa shape index (κ3) is 3.85. The number of nitrogens with one attached hydrogen (secondary N) is 2. The van der Waals surface area contributed by atoms with E-state index in [9.17, 15) is 18.4 Å². The monoisotopic (exact) mass is 382 g/mol. The van der Waals surface area contributed by atoms with Crippen LogP contribution in [-0.4, -0.2) is 24.2 Å². The molecular weight excluding hydrogens is 370 g/mol. The fraction of sp³-hybridized carbons (Fsp3) is 0.176. The van der Waals surface area contributed by atoms with Crippen molar-refractivity contribution in [1.29, 1.82) is 0 Å². The predicted molar refractivity (Wildman–Crippen MR) is 89.7 cm³/mol. The summed E-state index contributed by atoms with van der Waals surface area (Å²) in [5.41, 5.74) is 0.452. The predicted octanol–water partition coefficient (Wildman–Crippen LogP) is 3.42. The van der Waals surface area contributed by atoms with Gasteiger partial charge in [0.2, 0.25) is 5.91 Å². The van der Waals surface area contributed by atoms with Crippen LogP contribution < -0.4 is 20.1 Å².